The van der Waals surface area contributed by atoms with Crippen molar-refractivity contribution in [1.82, 2.24) is 9.97 Å². The number of hydrogen-bond donors (Lipinski definition) is 1. The number of alkyl halides is 3. The summed E-state index contributed by atoms with van der Waals surface area (Å²) in [5.41, 5.74) is -0.525. The summed E-state index contributed by atoms with van der Waals surface area (Å²) in [6.07, 6.45) is -3.62. The molecule has 0 aliphatic carbocycles. The number of rotatable bonds is 4. The van der Waals surface area contributed by atoms with Crippen molar-refractivity contribution in [2.45, 2.75) is 12.8 Å². The highest BCUT2D eigenvalue weighted by molar-refractivity contribution is 5.44. The number of ether oxygens (including phenoxy) is 2. The molecule has 0 saturated carbocycles. The van der Waals surface area contributed by atoms with Crippen molar-refractivity contribution < 1.29 is 27.8 Å². The second-order valence-corrected chi connectivity index (χ2v) is 3.97. The van der Waals surface area contributed by atoms with Gasteiger partial charge in [-0.3, -0.25) is 0 Å². The summed E-state index contributed by atoms with van der Waals surface area (Å²) in [6, 6.07) is 4.81. The van der Waals surface area contributed by atoms with Crippen LogP contribution in [0, 0.1) is 0 Å². The maximum Gasteiger partial charge on any atom is 0.433 e. The molecule has 21 heavy (non-hydrogen) atoms. The Labute approximate surface area is 118 Å². The minimum Gasteiger partial charge on any atom is -0.493 e. The number of benzene rings is 1. The molecular weight excluding hydrogens is 289 g/mol. The molecule has 0 fully saturated rings. The summed E-state index contributed by atoms with van der Waals surface area (Å²) in [7, 11) is 1.37. The summed E-state index contributed by atoms with van der Waals surface area (Å²) in [5, 5.41) is 9.02. The van der Waals surface area contributed by atoms with E-state index >= 15 is 0 Å². The van der Waals surface area contributed by atoms with Crippen LogP contribution in [0.1, 0.15) is 11.3 Å². The lowest BCUT2D eigenvalue weighted by Crippen LogP contribution is -2.09. The van der Waals surface area contributed by atoms with Crippen LogP contribution in [-0.2, 0) is 12.8 Å². The van der Waals surface area contributed by atoms with E-state index in [4.69, 9.17) is 14.6 Å². The highest BCUT2D eigenvalue weighted by Crippen LogP contribution is 2.32. The average Bonchev–Trinajstić information content (AvgIpc) is 2.47. The van der Waals surface area contributed by atoms with Gasteiger partial charge in [-0.05, 0) is 23.8 Å². The van der Waals surface area contributed by atoms with Crippen LogP contribution in [-0.4, -0.2) is 22.2 Å². The molecule has 0 amide bonds. The van der Waals surface area contributed by atoms with Crippen molar-refractivity contribution in [2.24, 2.45) is 0 Å². The Morgan fingerprint density at radius 3 is 2.57 bits per heavy atom. The molecule has 0 bridgehead atoms. The van der Waals surface area contributed by atoms with Gasteiger partial charge in [-0.25, -0.2) is 4.98 Å². The molecule has 1 aromatic heterocycles. The van der Waals surface area contributed by atoms with Crippen molar-refractivity contribution in [3.05, 3.63) is 41.7 Å². The lowest BCUT2D eigenvalue weighted by Gasteiger charge is -2.11. The van der Waals surface area contributed by atoms with Crippen LogP contribution in [0.25, 0.3) is 0 Å². The molecule has 0 saturated heterocycles. The lowest BCUT2D eigenvalue weighted by atomic mass is 10.2. The highest BCUT2D eigenvalue weighted by atomic mass is 19.4. The molecule has 1 heterocycles. The van der Waals surface area contributed by atoms with E-state index in [-0.39, 0.29) is 18.1 Å². The minimum absolute atomic E-state index is 0.147. The third-order valence-corrected chi connectivity index (χ3v) is 2.54. The second-order valence-electron chi connectivity index (χ2n) is 3.97. The quantitative estimate of drug-likeness (QED) is 0.940. The van der Waals surface area contributed by atoms with Gasteiger partial charge in [0, 0.05) is 6.20 Å². The first-order chi connectivity index (χ1) is 9.94. The Morgan fingerprint density at radius 2 is 1.95 bits per heavy atom. The molecule has 1 aromatic carbocycles. The van der Waals surface area contributed by atoms with Crippen LogP contribution in [0.5, 0.6) is 17.5 Å². The van der Waals surface area contributed by atoms with E-state index in [0.717, 1.165) is 12.3 Å². The Bertz CT molecular complexity index is 632. The SMILES string of the molecule is COc1cc(CO)ccc1Oc1nccc(C(F)(F)F)n1. The van der Waals surface area contributed by atoms with Gasteiger partial charge in [-0.15, -0.1) is 0 Å². The molecule has 0 spiro atoms. The first-order valence-corrected chi connectivity index (χ1v) is 5.80. The topological polar surface area (TPSA) is 64.5 Å². The van der Waals surface area contributed by atoms with Crippen molar-refractivity contribution >= 4 is 0 Å². The summed E-state index contributed by atoms with van der Waals surface area (Å²) in [6.45, 7) is -0.198. The number of halogens is 3. The molecular formula is C13H11F3N2O3. The zero-order chi connectivity index (χ0) is 15.5. The molecule has 2 aromatic rings. The molecule has 5 nitrogen and oxygen atoms in total. The van der Waals surface area contributed by atoms with Gasteiger partial charge in [-0.1, -0.05) is 6.07 Å². The molecule has 8 heteroatoms. The first kappa shape index (κ1) is 15.0. The fourth-order valence-electron chi connectivity index (χ4n) is 1.54. The van der Waals surface area contributed by atoms with Gasteiger partial charge < -0.3 is 14.6 Å². The van der Waals surface area contributed by atoms with E-state index in [0.29, 0.717) is 5.56 Å². The number of aliphatic hydroxyl groups is 1. The van der Waals surface area contributed by atoms with Crippen LogP contribution in [0.3, 0.4) is 0 Å². The van der Waals surface area contributed by atoms with Crippen molar-refractivity contribution in [3.8, 4) is 17.5 Å². The van der Waals surface area contributed by atoms with Crippen molar-refractivity contribution in [1.29, 1.82) is 0 Å². The van der Waals surface area contributed by atoms with Gasteiger partial charge in [0.1, 0.15) is 0 Å². The largest absolute Gasteiger partial charge is 0.493 e. The Kier molecular flexibility index (Phi) is 4.27. The van der Waals surface area contributed by atoms with Crippen LogP contribution in [0.15, 0.2) is 30.5 Å². The van der Waals surface area contributed by atoms with E-state index in [9.17, 15) is 13.2 Å². The number of aliphatic hydroxyl groups excluding tert-OH is 1. The molecule has 0 radical (unpaired) electrons. The monoisotopic (exact) mass is 300 g/mol. The standard InChI is InChI=1S/C13H11F3N2O3/c1-20-10-6-8(7-19)2-3-9(10)21-12-17-5-4-11(18-12)13(14,15)16/h2-6,19H,7H2,1H3. The number of hydrogen-bond acceptors (Lipinski definition) is 5. The molecule has 112 valence electrons. The molecule has 0 aliphatic heterocycles. The maximum absolute atomic E-state index is 12.6. The van der Waals surface area contributed by atoms with E-state index in [1.54, 1.807) is 6.07 Å². The fourth-order valence-corrected chi connectivity index (χ4v) is 1.54. The number of nitrogens with zero attached hydrogens (tertiary/aromatic N) is 2. The van der Waals surface area contributed by atoms with E-state index in [2.05, 4.69) is 9.97 Å². The van der Waals surface area contributed by atoms with Crippen molar-refractivity contribution in [3.63, 3.8) is 0 Å². The maximum atomic E-state index is 12.6. The third kappa shape index (κ3) is 3.60. The Hall–Kier alpha value is -2.35. The smallest absolute Gasteiger partial charge is 0.433 e. The van der Waals surface area contributed by atoms with E-state index in [1.165, 1.54) is 19.2 Å². The van der Waals surface area contributed by atoms with Crippen LogP contribution in [0.4, 0.5) is 13.2 Å². The normalized spacial score (nSPS) is 11.3. The summed E-state index contributed by atoms with van der Waals surface area (Å²) < 4.78 is 47.9. The van der Waals surface area contributed by atoms with Gasteiger partial charge in [0.15, 0.2) is 17.2 Å². The highest BCUT2D eigenvalue weighted by Gasteiger charge is 2.33. The van der Waals surface area contributed by atoms with Crippen LogP contribution >= 0.6 is 0 Å². The zero-order valence-corrected chi connectivity index (χ0v) is 10.9. The van der Waals surface area contributed by atoms with E-state index in [1.807, 2.05) is 0 Å². The van der Waals surface area contributed by atoms with E-state index < -0.39 is 17.9 Å². The molecule has 0 atom stereocenters. The van der Waals surface area contributed by atoms with Gasteiger partial charge >= 0.3 is 12.2 Å². The van der Waals surface area contributed by atoms with Gasteiger partial charge in [-0.2, -0.15) is 18.2 Å². The molecule has 0 aliphatic rings. The number of methoxy groups -OCH3 is 1. The fraction of sp³-hybridized carbons (Fsp3) is 0.231. The molecule has 2 rings (SSSR count). The van der Waals surface area contributed by atoms with Crippen LogP contribution in [0.2, 0.25) is 0 Å². The zero-order valence-electron chi connectivity index (χ0n) is 10.9. The lowest BCUT2D eigenvalue weighted by molar-refractivity contribution is -0.141. The van der Waals surface area contributed by atoms with Gasteiger partial charge in [0.2, 0.25) is 0 Å². The predicted molar refractivity (Wildman–Crippen MR) is 66.0 cm³/mol. The Balaban J connectivity index is 2.30. The van der Waals surface area contributed by atoms with Gasteiger partial charge in [0.05, 0.1) is 13.7 Å². The second kappa shape index (κ2) is 5.96. The number of aromatic nitrogens is 2. The molecule has 0 unspecified atom stereocenters. The summed E-state index contributed by atoms with van der Waals surface area (Å²) >= 11 is 0. The predicted octanol–water partition coefficient (Wildman–Crippen LogP) is 2.79. The van der Waals surface area contributed by atoms with Crippen LogP contribution < -0.4 is 9.47 Å². The summed E-state index contributed by atoms with van der Waals surface area (Å²) in [5.74, 6) is 0.400. The Morgan fingerprint density at radius 1 is 1.19 bits per heavy atom. The first-order valence-electron chi connectivity index (χ1n) is 5.80. The van der Waals surface area contributed by atoms with Gasteiger partial charge in [0.25, 0.3) is 0 Å². The minimum atomic E-state index is -4.58. The summed E-state index contributed by atoms with van der Waals surface area (Å²) in [4.78, 5) is 6.92. The molecule has 1 N–H and O–H groups in total. The average molecular weight is 300 g/mol. The van der Waals surface area contributed by atoms with Crippen molar-refractivity contribution in [2.75, 3.05) is 7.11 Å². The third-order valence-electron chi connectivity index (χ3n) is 2.54.